The third-order valence-corrected chi connectivity index (χ3v) is 7.88. The van der Waals surface area contributed by atoms with Crippen molar-refractivity contribution < 1.29 is 9.53 Å². The third-order valence-electron chi connectivity index (χ3n) is 7.88. The standard InChI is InChI=1S/C29H38N10O2/c40-27-3-1-18-41-25-6-4-24(5-7-25)39-28-26(35-36-39)21-32-29(34-28)33-23-19-22(8-11-30-20-23)9-13-38-16-14-37(15-17-38)12-2-10-31-27/h4-7,19-22H,1-3,8-18H2,(H,31,40)(H,32,33,34). The Morgan fingerprint density at radius 1 is 0.951 bits per heavy atom. The molecule has 8 bridgehead atoms. The van der Waals surface area contributed by atoms with E-state index in [1.165, 1.54) is 0 Å². The highest BCUT2D eigenvalue weighted by Gasteiger charge is 2.19. The van der Waals surface area contributed by atoms with E-state index in [-0.39, 0.29) is 5.91 Å². The average molecular weight is 559 g/mol. The molecule has 41 heavy (non-hydrogen) atoms. The normalized spacial score (nSPS) is 24.6. The number of aromatic nitrogens is 5. The lowest BCUT2D eigenvalue weighted by atomic mass is 10.00. The summed E-state index contributed by atoms with van der Waals surface area (Å²) < 4.78 is 7.56. The number of carbonyl (C=O) groups is 1. The first-order chi connectivity index (χ1) is 20.2. The van der Waals surface area contributed by atoms with Crippen molar-refractivity contribution in [2.75, 3.05) is 64.3 Å². The number of allylic oxidation sites excluding steroid dienone is 2. The number of hydrogen-bond donors (Lipinski definition) is 2. The molecule has 2 N–H and O–H groups in total. The maximum absolute atomic E-state index is 12.3. The first-order valence-corrected chi connectivity index (χ1v) is 14.7. The van der Waals surface area contributed by atoms with Gasteiger partial charge in [-0.3, -0.25) is 9.79 Å². The number of aliphatic imine (C=N–C) groups is 1. The van der Waals surface area contributed by atoms with Crippen LogP contribution in [0.25, 0.3) is 16.9 Å². The summed E-state index contributed by atoms with van der Waals surface area (Å²) in [5.41, 5.74) is 2.96. The van der Waals surface area contributed by atoms with Gasteiger partial charge in [0.15, 0.2) is 11.2 Å². The molecule has 8 heterocycles. The van der Waals surface area contributed by atoms with Crippen LogP contribution in [0.2, 0.25) is 0 Å². The lowest BCUT2D eigenvalue weighted by Gasteiger charge is -2.35. The van der Waals surface area contributed by atoms with Crippen molar-refractivity contribution in [2.45, 2.75) is 32.1 Å². The van der Waals surface area contributed by atoms with Crippen molar-refractivity contribution in [1.29, 1.82) is 0 Å². The Labute approximate surface area is 239 Å². The monoisotopic (exact) mass is 558 g/mol. The van der Waals surface area contributed by atoms with Gasteiger partial charge in [-0.2, -0.15) is 9.67 Å². The van der Waals surface area contributed by atoms with E-state index in [2.05, 4.69) is 46.8 Å². The van der Waals surface area contributed by atoms with Crippen molar-refractivity contribution in [3.63, 3.8) is 0 Å². The minimum atomic E-state index is 0.0844. The van der Waals surface area contributed by atoms with Crippen LogP contribution in [-0.2, 0) is 4.79 Å². The van der Waals surface area contributed by atoms with E-state index in [1.807, 2.05) is 30.5 Å². The van der Waals surface area contributed by atoms with Crippen LogP contribution in [0.4, 0.5) is 5.95 Å². The van der Waals surface area contributed by atoms with Gasteiger partial charge in [0.05, 0.1) is 24.2 Å². The Balaban J connectivity index is 1.20. The van der Waals surface area contributed by atoms with E-state index >= 15 is 0 Å². The van der Waals surface area contributed by atoms with Gasteiger partial charge in [0.25, 0.3) is 0 Å². The SMILES string of the molecule is O=C1CCCOc2ccc(cc2)-n2nnc3cnc(nc32)NC2=CC(CCN=C2)CCN2CCN(CCCN1)CC2. The average Bonchev–Trinajstić information content (AvgIpc) is 3.28. The first-order valence-electron chi connectivity index (χ1n) is 14.7. The molecule has 1 saturated heterocycles. The highest BCUT2D eigenvalue weighted by molar-refractivity contribution is 5.83. The number of amides is 1. The zero-order valence-corrected chi connectivity index (χ0v) is 23.4. The first kappa shape index (κ1) is 27.3. The van der Waals surface area contributed by atoms with E-state index in [0.717, 1.165) is 88.8 Å². The highest BCUT2D eigenvalue weighted by Crippen LogP contribution is 2.21. The van der Waals surface area contributed by atoms with Crippen LogP contribution in [0.1, 0.15) is 32.1 Å². The second kappa shape index (κ2) is 13.2. The summed E-state index contributed by atoms with van der Waals surface area (Å²) in [5, 5.41) is 15.0. The van der Waals surface area contributed by atoms with Gasteiger partial charge < -0.3 is 25.2 Å². The highest BCUT2D eigenvalue weighted by atomic mass is 16.5. The molecule has 12 nitrogen and oxygen atoms in total. The van der Waals surface area contributed by atoms with E-state index in [0.29, 0.717) is 42.5 Å². The van der Waals surface area contributed by atoms with E-state index in [1.54, 1.807) is 10.9 Å². The van der Waals surface area contributed by atoms with Crippen LogP contribution in [-0.4, -0.2) is 106 Å². The summed E-state index contributed by atoms with van der Waals surface area (Å²) in [6.07, 6.45) is 10.1. The quantitative estimate of drug-likeness (QED) is 0.427. The molecule has 0 aliphatic carbocycles. The van der Waals surface area contributed by atoms with Crippen molar-refractivity contribution in [2.24, 2.45) is 10.9 Å². The van der Waals surface area contributed by atoms with Gasteiger partial charge >= 0.3 is 0 Å². The Kier molecular flexibility index (Phi) is 8.77. The van der Waals surface area contributed by atoms with Gasteiger partial charge in [-0.05, 0) is 69.0 Å². The minimum Gasteiger partial charge on any atom is -0.494 e. The molecule has 0 radical (unpaired) electrons. The molecule has 1 fully saturated rings. The molecular weight excluding hydrogens is 520 g/mol. The zero-order valence-electron chi connectivity index (χ0n) is 23.4. The van der Waals surface area contributed by atoms with Gasteiger partial charge in [-0.1, -0.05) is 11.3 Å². The number of benzene rings is 1. The second-order valence-corrected chi connectivity index (χ2v) is 10.9. The molecule has 1 unspecified atom stereocenters. The molecule has 1 amide bonds. The summed E-state index contributed by atoms with van der Waals surface area (Å²) in [6, 6.07) is 7.62. The Hall–Kier alpha value is -3.90. The summed E-state index contributed by atoms with van der Waals surface area (Å²) >= 11 is 0. The number of piperazine rings is 1. The molecule has 1 aromatic carbocycles. The fourth-order valence-electron chi connectivity index (χ4n) is 5.49. The van der Waals surface area contributed by atoms with Crippen LogP contribution >= 0.6 is 0 Å². The van der Waals surface area contributed by atoms with Crippen molar-refractivity contribution in [1.82, 2.24) is 40.1 Å². The van der Waals surface area contributed by atoms with Crippen LogP contribution in [0, 0.1) is 5.92 Å². The zero-order chi connectivity index (χ0) is 27.9. The number of rotatable bonds is 0. The molecule has 6 aliphatic rings. The second-order valence-electron chi connectivity index (χ2n) is 10.9. The molecule has 0 saturated carbocycles. The lowest BCUT2D eigenvalue weighted by molar-refractivity contribution is -0.121. The van der Waals surface area contributed by atoms with Gasteiger partial charge in [0.1, 0.15) is 5.75 Å². The minimum absolute atomic E-state index is 0.0844. The van der Waals surface area contributed by atoms with Crippen LogP contribution in [0.5, 0.6) is 5.75 Å². The molecule has 216 valence electrons. The summed E-state index contributed by atoms with van der Waals surface area (Å²) in [5.74, 6) is 1.74. The molecule has 1 atom stereocenters. The number of carbonyl (C=O) groups excluding carboxylic acids is 1. The molecule has 3 aromatic rings. The van der Waals surface area contributed by atoms with Gasteiger partial charge in [0, 0.05) is 51.9 Å². The number of ether oxygens (including phenoxy) is 1. The summed E-state index contributed by atoms with van der Waals surface area (Å²) in [7, 11) is 0. The Morgan fingerprint density at radius 3 is 2.63 bits per heavy atom. The van der Waals surface area contributed by atoms with Crippen LogP contribution < -0.4 is 15.4 Å². The van der Waals surface area contributed by atoms with E-state index in [9.17, 15) is 4.79 Å². The topological polar surface area (TPSA) is 126 Å². The molecule has 9 rings (SSSR count). The molecule has 12 heteroatoms. The fourth-order valence-corrected chi connectivity index (χ4v) is 5.49. The largest absolute Gasteiger partial charge is 0.494 e. The van der Waals surface area contributed by atoms with Gasteiger partial charge in [-0.25, -0.2) is 4.98 Å². The predicted octanol–water partition coefficient (Wildman–Crippen LogP) is 2.28. The molecule has 0 spiro atoms. The lowest BCUT2D eigenvalue weighted by Crippen LogP contribution is -2.47. The summed E-state index contributed by atoms with van der Waals surface area (Å²) in [6.45, 7) is 8.43. The Morgan fingerprint density at radius 2 is 1.78 bits per heavy atom. The van der Waals surface area contributed by atoms with Crippen molar-refractivity contribution >= 4 is 29.2 Å². The predicted molar refractivity (Wildman–Crippen MR) is 157 cm³/mol. The van der Waals surface area contributed by atoms with Gasteiger partial charge in [0.2, 0.25) is 11.9 Å². The maximum Gasteiger partial charge on any atom is 0.229 e. The van der Waals surface area contributed by atoms with Crippen LogP contribution in [0.15, 0.2) is 47.2 Å². The van der Waals surface area contributed by atoms with Crippen LogP contribution in [0.3, 0.4) is 0 Å². The fraction of sp³-hybridized carbons (Fsp3) is 0.517. The number of hydrogen-bond acceptors (Lipinski definition) is 10. The molecular formula is C29H38N10O2. The molecule has 6 aliphatic heterocycles. The van der Waals surface area contributed by atoms with E-state index in [4.69, 9.17) is 9.72 Å². The smallest absolute Gasteiger partial charge is 0.229 e. The van der Waals surface area contributed by atoms with E-state index < -0.39 is 0 Å². The third kappa shape index (κ3) is 7.25. The van der Waals surface area contributed by atoms with Gasteiger partial charge in [-0.15, -0.1) is 5.10 Å². The van der Waals surface area contributed by atoms with Crippen molar-refractivity contribution in [3.05, 3.63) is 42.2 Å². The maximum atomic E-state index is 12.3. The van der Waals surface area contributed by atoms with Crippen molar-refractivity contribution in [3.8, 4) is 11.4 Å². The molecule has 2 aromatic heterocycles. The summed E-state index contributed by atoms with van der Waals surface area (Å²) in [4.78, 5) is 31.1. The number of nitrogens with one attached hydrogen (secondary N) is 2. The number of anilines is 1. The number of nitrogens with zero attached hydrogens (tertiary/aromatic N) is 8. The Bertz CT molecular complexity index is 1380.